The second-order valence-corrected chi connectivity index (χ2v) is 12.4. The van der Waals surface area contributed by atoms with Gasteiger partial charge in [-0.25, -0.2) is 4.39 Å². The summed E-state index contributed by atoms with van der Waals surface area (Å²) in [5.41, 5.74) is 4.97. The second-order valence-electron chi connectivity index (χ2n) is 10.8. The first kappa shape index (κ1) is 24.8. The Hall–Kier alpha value is -2.50. The molecule has 0 radical (unpaired) electrons. The summed E-state index contributed by atoms with van der Waals surface area (Å²) >= 11 is 0. The van der Waals surface area contributed by atoms with E-state index in [0.29, 0.717) is 17.1 Å². The number of nitrogens with one attached hydrogen (secondary N) is 1. The van der Waals surface area contributed by atoms with Gasteiger partial charge >= 0.3 is 6.18 Å². The molecule has 0 amide bonds. The van der Waals surface area contributed by atoms with Crippen molar-refractivity contribution in [3.8, 4) is 11.3 Å². The molecule has 37 heavy (non-hydrogen) atoms. The van der Waals surface area contributed by atoms with E-state index in [1.54, 1.807) is 10.7 Å². The Labute approximate surface area is 213 Å². The molecule has 2 heterocycles. The molecule has 1 aromatic carbocycles. The van der Waals surface area contributed by atoms with Crippen LogP contribution >= 0.6 is 0 Å². The minimum absolute atomic E-state index is 0.0256. The summed E-state index contributed by atoms with van der Waals surface area (Å²) in [6, 6.07) is 8.33. The highest BCUT2D eigenvalue weighted by Crippen LogP contribution is 2.54. The molecule has 3 atom stereocenters. The first-order chi connectivity index (χ1) is 17.4. The zero-order valence-electron chi connectivity index (χ0n) is 20.4. The van der Waals surface area contributed by atoms with Crippen LogP contribution < -0.4 is 4.72 Å². The minimum Gasteiger partial charge on any atom is -0.267 e. The molecule has 1 aromatic heterocycles. The Balaban J connectivity index is 1.29. The van der Waals surface area contributed by atoms with Crippen molar-refractivity contribution in [2.24, 2.45) is 18.9 Å². The van der Waals surface area contributed by atoms with Crippen LogP contribution in [0.25, 0.3) is 16.8 Å². The van der Waals surface area contributed by atoms with E-state index in [4.69, 9.17) is 0 Å². The predicted octanol–water partition coefficient (Wildman–Crippen LogP) is 4.97. The third-order valence-corrected chi connectivity index (χ3v) is 10.1. The van der Waals surface area contributed by atoms with E-state index in [1.165, 1.54) is 17.7 Å². The summed E-state index contributed by atoms with van der Waals surface area (Å²) in [6.07, 6.45) is 2.03. The number of allylic oxidation sites excluding steroid dienone is 4. The molecular weight excluding hydrogens is 508 g/mol. The second kappa shape index (κ2) is 8.51. The molecule has 6 nitrogen and oxygen atoms in total. The Morgan fingerprint density at radius 2 is 1.89 bits per heavy atom. The lowest BCUT2D eigenvalue weighted by Crippen LogP contribution is -2.51. The summed E-state index contributed by atoms with van der Waals surface area (Å²) in [5, 5.41) is 4.68. The standard InChI is InChI=1S/C26H28F4N4O2S/c1-33-24(18-3-2-4-22(27)12-18)13-23(31-33)17-6-5-16-10-20-7-8-21(11-19(16)9-17)25(20)14-34(15-26(28,29)30)37(35,36)32-25/h2-4,9,12-13,20-21,32H,5-8,10-11,14-15H2,1H3. The molecule has 2 bridgehead atoms. The molecule has 3 unspecified atom stereocenters. The third-order valence-electron chi connectivity index (χ3n) is 8.56. The third kappa shape index (κ3) is 4.34. The van der Waals surface area contributed by atoms with E-state index in [2.05, 4.69) is 15.9 Å². The largest absolute Gasteiger partial charge is 0.402 e. The zero-order chi connectivity index (χ0) is 26.2. The van der Waals surface area contributed by atoms with Crippen LogP contribution in [0.1, 0.15) is 44.2 Å². The van der Waals surface area contributed by atoms with Gasteiger partial charge in [0.05, 0.1) is 16.9 Å². The number of nitrogens with zero attached hydrogens (tertiary/aromatic N) is 3. The van der Waals surface area contributed by atoms with Gasteiger partial charge in [0.2, 0.25) is 0 Å². The van der Waals surface area contributed by atoms with Crippen LogP contribution in [-0.2, 0) is 17.3 Å². The molecule has 198 valence electrons. The molecule has 11 heteroatoms. The Morgan fingerprint density at radius 3 is 2.62 bits per heavy atom. The average Bonchev–Trinajstić information content (AvgIpc) is 3.38. The Morgan fingerprint density at radius 1 is 1.14 bits per heavy atom. The van der Waals surface area contributed by atoms with Crippen LogP contribution in [0.3, 0.4) is 0 Å². The van der Waals surface area contributed by atoms with E-state index >= 15 is 0 Å². The molecule has 2 aromatic rings. The molecule has 1 N–H and O–H groups in total. The van der Waals surface area contributed by atoms with Crippen LogP contribution in [0, 0.1) is 17.7 Å². The van der Waals surface area contributed by atoms with Gasteiger partial charge in [0.15, 0.2) is 0 Å². The monoisotopic (exact) mass is 536 g/mol. The SMILES string of the molecule is Cn1nc(C2=CC3=C(CC2)CC2CCC(C3)C23CN(CC(F)(F)F)S(=O)(=O)N3)cc1-c1cccc(F)c1. The number of hydrogen-bond donors (Lipinski definition) is 1. The quantitative estimate of drug-likeness (QED) is 0.564. The first-order valence-corrected chi connectivity index (χ1v) is 14.0. The minimum atomic E-state index is -4.59. The smallest absolute Gasteiger partial charge is 0.267 e. The summed E-state index contributed by atoms with van der Waals surface area (Å²) in [4.78, 5) is 0. The first-order valence-electron chi connectivity index (χ1n) is 12.5. The predicted molar refractivity (Wildman–Crippen MR) is 131 cm³/mol. The van der Waals surface area contributed by atoms with Crippen LogP contribution in [0.15, 0.2) is 47.6 Å². The number of rotatable bonds is 3. The molecule has 1 spiro atoms. The highest BCUT2D eigenvalue weighted by Gasteiger charge is 2.60. The van der Waals surface area contributed by atoms with E-state index in [-0.39, 0.29) is 24.2 Å². The summed E-state index contributed by atoms with van der Waals surface area (Å²) < 4.78 is 83.6. The fraction of sp³-hybridized carbons (Fsp3) is 0.500. The van der Waals surface area contributed by atoms with Gasteiger partial charge in [-0.3, -0.25) is 4.68 Å². The van der Waals surface area contributed by atoms with Gasteiger partial charge < -0.3 is 0 Å². The molecule has 2 fully saturated rings. The van der Waals surface area contributed by atoms with Crippen molar-refractivity contribution in [2.45, 2.75) is 50.2 Å². The van der Waals surface area contributed by atoms with Crippen molar-refractivity contribution in [3.05, 3.63) is 59.1 Å². The van der Waals surface area contributed by atoms with Crippen molar-refractivity contribution in [2.75, 3.05) is 13.1 Å². The highest BCUT2D eigenvalue weighted by molar-refractivity contribution is 7.87. The van der Waals surface area contributed by atoms with Gasteiger partial charge in [-0.15, -0.1) is 0 Å². The lowest BCUT2D eigenvalue weighted by molar-refractivity contribution is -0.136. The van der Waals surface area contributed by atoms with Crippen LogP contribution in [0.2, 0.25) is 0 Å². The van der Waals surface area contributed by atoms with Crippen LogP contribution in [0.4, 0.5) is 17.6 Å². The molecule has 3 aliphatic carbocycles. The number of benzene rings is 1. The summed E-state index contributed by atoms with van der Waals surface area (Å²) in [6.45, 7) is -1.60. The summed E-state index contributed by atoms with van der Waals surface area (Å²) in [7, 11) is -2.37. The van der Waals surface area contributed by atoms with E-state index < -0.39 is 28.5 Å². The van der Waals surface area contributed by atoms with Gasteiger partial charge in [0, 0.05) is 19.2 Å². The molecule has 4 aliphatic rings. The van der Waals surface area contributed by atoms with Crippen LogP contribution in [0.5, 0.6) is 0 Å². The Bertz CT molecular complexity index is 1430. The summed E-state index contributed by atoms with van der Waals surface area (Å²) in [5.74, 6) is -0.409. The van der Waals surface area contributed by atoms with Crippen molar-refractivity contribution < 1.29 is 26.0 Å². The van der Waals surface area contributed by atoms with E-state index in [1.807, 2.05) is 19.2 Å². The maximum absolute atomic E-state index is 13.8. The maximum atomic E-state index is 13.8. The fourth-order valence-corrected chi connectivity index (χ4v) is 8.58. The maximum Gasteiger partial charge on any atom is 0.402 e. The normalized spacial score (nSPS) is 29.5. The molecule has 1 aliphatic heterocycles. The molecule has 1 saturated heterocycles. The average molecular weight is 537 g/mol. The van der Waals surface area contributed by atoms with Crippen molar-refractivity contribution in [1.82, 2.24) is 18.8 Å². The van der Waals surface area contributed by atoms with Gasteiger partial charge in [-0.2, -0.15) is 35.7 Å². The molecular formula is C26H28F4N4O2S. The fourth-order valence-electron chi connectivity index (χ4n) is 6.87. The van der Waals surface area contributed by atoms with Crippen molar-refractivity contribution >= 4 is 15.8 Å². The van der Waals surface area contributed by atoms with Crippen molar-refractivity contribution in [3.63, 3.8) is 0 Å². The topological polar surface area (TPSA) is 67.2 Å². The number of alkyl halides is 3. The van der Waals surface area contributed by atoms with Crippen molar-refractivity contribution in [1.29, 1.82) is 0 Å². The van der Waals surface area contributed by atoms with E-state index in [9.17, 15) is 26.0 Å². The molecule has 1 saturated carbocycles. The number of aromatic nitrogens is 2. The van der Waals surface area contributed by atoms with Gasteiger partial charge in [0.25, 0.3) is 10.2 Å². The number of hydrogen-bond acceptors (Lipinski definition) is 3. The highest BCUT2D eigenvalue weighted by atomic mass is 32.2. The van der Waals surface area contributed by atoms with E-state index in [0.717, 1.165) is 53.8 Å². The Kier molecular flexibility index (Phi) is 5.70. The van der Waals surface area contributed by atoms with Crippen LogP contribution in [-0.4, -0.2) is 47.3 Å². The lowest BCUT2D eigenvalue weighted by Gasteiger charge is -2.34. The van der Waals surface area contributed by atoms with Gasteiger partial charge in [0.1, 0.15) is 12.4 Å². The number of halogens is 4. The molecule has 6 rings (SSSR count). The van der Waals surface area contributed by atoms with Gasteiger partial charge in [-0.05, 0) is 79.7 Å². The number of aryl methyl sites for hydroxylation is 1. The van der Waals surface area contributed by atoms with Gasteiger partial charge in [-0.1, -0.05) is 23.8 Å². The zero-order valence-corrected chi connectivity index (χ0v) is 21.2. The lowest BCUT2D eigenvalue weighted by atomic mass is 9.79.